The van der Waals surface area contributed by atoms with Crippen LogP contribution >= 0.6 is 11.3 Å². The second-order valence-corrected chi connectivity index (χ2v) is 6.81. The average molecular weight is 362 g/mol. The quantitative estimate of drug-likeness (QED) is 0.606. The molecule has 1 heterocycles. The Labute approximate surface area is 153 Å². The molecule has 0 saturated carbocycles. The Morgan fingerprint density at radius 1 is 1.40 bits per heavy atom. The van der Waals surface area contributed by atoms with Gasteiger partial charge in [-0.1, -0.05) is 6.07 Å². The molecular formula is C18H26N4O2S. The Bertz CT molecular complexity index is 702. The average Bonchev–Trinajstić information content (AvgIpc) is 3.00. The third-order valence-electron chi connectivity index (χ3n) is 3.57. The first-order valence-corrected chi connectivity index (χ1v) is 9.03. The van der Waals surface area contributed by atoms with Gasteiger partial charge >= 0.3 is 0 Å². The fourth-order valence-electron chi connectivity index (χ4n) is 2.37. The first-order valence-electron chi connectivity index (χ1n) is 8.15. The number of nitrogens with one attached hydrogen (secondary N) is 1. The van der Waals surface area contributed by atoms with Gasteiger partial charge in [0, 0.05) is 25.5 Å². The number of hydrogen-bond acceptors (Lipinski definition) is 5. The van der Waals surface area contributed by atoms with E-state index >= 15 is 0 Å². The van der Waals surface area contributed by atoms with Crippen LogP contribution in [0.5, 0.6) is 11.5 Å². The van der Waals surface area contributed by atoms with E-state index in [2.05, 4.69) is 20.7 Å². The predicted molar refractivity (Wildman–Crippen MR) is 103 cm³/mol. The number of ether oxygens (including phenoxy) is 2. The van der Waals surface area contributed by atoms with Crippen LogP contribution in [0.3, 0.4) is 0 Å². The molecule has 6 nitrogen and oxygen atoms in total. The number of hydrogen-bond donors (Lipinski definition) is 1. The van der Waals surface area contributed by atoms with Crippen LogP contribution in [-0.2, 0) is 6.54 Å². The van der Waals surface area contributed by atoms with Crippen molar-refractivity contribution >= 4 is 17.3 Å². The maximum Gasteiger partial charge on any atom is 0.193 e. The standard InChI is InChI=1S/C18H26N4O2S/c1-13(24-17-8-6-7-16(9-17)23-5)10-20-18(19-3)22(4)11-15-12-25-14(2)21-15/h6-9,12-13H,10-11H2,1-5H3,(H,19,20). The highest BCUT2D eigenvalue weighted by atomic mass is 32.1. The van der Waals surface area contributed by atoms with E-state index in [9.17, 15) is 0 Å². The molecule has 7 heteroatoms. The van der Waals surface area contributed by atoms with Crippen LogP contribution in [-0.4, -0.2) is 49.7 Å². The van der Waals surface area contributed by atoms with Gasteiger partial charge in [-0.15, -0.1) is 11.3 Å². The van der Waals surface area contributed by atoms with E-state index in [1.807, 2.05) is 50.1 Å². The van der Waals surface area contributed by atoms with Gasteiger partial charge in [-0.05, 0) is 26.0 Å². The topological polar surface area (TPSA) is 59.0 Å². The summed E-state index contributed by atoms with van der Waals surface area (Å²) in [7, 11) is 5.42. The molecule has 0 radical (unpaired) electrons. The van der Waals surface area contributed by atoms with Crippen LogP contribution in [0.15, 0.2) is 34.6 Å². The Morgan fingerprint density at radius 3 is 2.80 bits per heavy atom. The molecule has 0 aliphatic carbocycles. The third kappa shape index (κ3) is 5.94. The highest BCUT2D eigenvalue weighted by Crippen LogP contribution is 2.19. The highest BCUT2D eigenvalue weighted by Gasteiger charge is 2.11. The lowest BCUT2D eigenvalue weighted by Crippen LogP contribution is -2.42. The van der Waals surface area contributed by atoms with E-state index in [1.165, 1.54) is 0 Å². The summed E-state index contributed by atoms with van der Waals surface area (Å²) in [5.41, 5.74) is 1.05. The van der Waals surface area contributed by atoms with Crippen molar-refractivity contribution in [3.63, 3.8) is 0 Å². The summed E-state index contributed by atoms with van der Waals surface area (Å²) in [6.07, 6.45) is -0.0150. The molecule has 0 spiro atoms. The summed E-state index contributed by atoms with van der Waals surface area (Å²) in [6, 6.07) is 7.61. The lowest BCUT2D eigenvalue weighted by Gasteiger charge is -2.23. The molecule has 1 atom stereocenters. The van der Waals surface area contributed by atoms with E-state index < -0.39 is 0 Å². The monoisotopic (exact) mass is 362 g/mol. The molecule has 0 amide bonds. The molecule has 1 aromatic heterocycles. The lowest BCUT2D eigenvalue weighted by atomic mass is 10.3. The Hall–Kier alpha value is -2.28. The number of nitrogens with zero attached hydrogens (tertiary/aromatic N) is 3. The van der Waals surface area contributed by atoms with Crippen molar-refractivity contribution in [2.45, 2.75) is 26.5 Å². The van der Waals surface area contributed by atoms with Crippen LogP contribution in [0.2, 0.25) is 0 Å². The Balaban J connectivity index is 1.84. The zero-order valence-electron chi connectivity index (χ0n) is 15.4. The minimum absolute atomic E-state index is 0.0150. The maximum atomic E-state index is 5.93. The minimum atomic E-state index is -0.0150. The Kier molecular flexibility index (Phi) is 7.06. The third-order valence-corrected chi connectivity index (χ3v) is 4.39. The molecule has 2 rings (SSSR count). The first-order chi connectivity index (χ1) is 12.0. The van der Waals surface area contributed by atoms with Crippen LogP contribution in [0.4, 0.5) is 0 Å². The van der Waals surface area contributed by atoms with Crippen molar-refractivity contribution in [1.29, 1.82) is 0 Å². The van der Waals surface area contributed by atoms with Crippen molar-refractivity contribution in [3.8, 4) is 11.5 Å². The lowest BCUT2D eigenvalue weighted by molar-refractivity contribution is 0.221. The van der Waals surface area contributed by atoms with Crippen molar-refractivity contribution < 1.29 is 9.47 Å². The van der Waals surface area contributed by atoms with Gasteiger partial charge < -0.3 is 19.7 Å². The van der Waals surface area contributed by atoms with Crippen LogP contribution in [0.1, 0.15) is 17.6 Å². The SMILES string of the molecule is CN=C(NCC(C)Oc1cccc(OC)c1)N(C)Cc1csc(C)n1. The summed E-state index contributed by atoms with van der Waals surface area (Å²) in [5.74, 6) is 2.38. The highest BCUT2D eigenvalue weighted by molar-refractivity contribution is 7.09. The van der Waals surface area contributed by atoms with Crippen LogP contribution in [0.25, 0.3) is 0 Å². The molecule has 2 aromatic rings. The number of aryl methyl sites for hydroxylation is 1. The van der Waals surface area contributed by atoms with Crippen LogP contribution in [0, 0.1) is 6.92 Å². The summed E-state index contributed by atoms with van der Waals surface area (Å²) >= 11 is 1.66. The van der Waals surface area contributed by atoms with Gasteiger partial charge in [0.1, 0.15) is 17.6 Å². The van der Waals surface area contributed by atoms with E-state index in [0.717, 1.165) is 34.7 Å². The fraction of sp³-hybridized carbons (Fsp3) is 0.444. The van der Waals surface area contributed by atoms with Gasteiger partial charge in [-0.3, -0.25) is 4.99 Å². The summed E-state index contributed by atoms with van der Waals surface area (Å²) in [5, 5.41) is 6.49. The second-order valence-electron chi connectivity index (χ2n) is 5.75. The number of methoxy groups -OCH3 is 1. The van der Waals surface area contributed by atoms with Gasteiger partial charge in [-0.2, -0.15) is 0 Å². The summed E-state index contributed by atoms with van der Waals surface area (Å²) in [4.78, 5) is 10.9. The van der Waals surface area contributed by atoms with Crippen molar-refractivity contribution in [1.82, 2.24) is 15.2 Å². The molecule has 1 N–H and O–H groups in total. The van der Waals surface area contributed by atoms with E-state index in [0.29, 0.717) is 6.54 Å². The number of aromatic nitrogens is 1. The van der Waals surface area contributed by atoms with E-state index in [4.69, 9.17) is 9.47 Å². The number of benzene rings is 1. The number of rotatable bonds is 7. The normalized spacial score (nSPS) is 12.6. The molecule has 0 aliphatic heterocycles. The Morgan fingerprint density at radius 2 is 2.16 bits per heavy atom. The van der Waals surface area contributed by atoms with Gasteiger partial charge in [0.2, 0.25) is 0 Å². The number of aliphatic imine (C=N–C) groups is 1. The molecular weight excluding hydrogens is 336 g/mol. The zero-order valence-corrected chi connectivity index (χ0v) is 16.3. The van der Waals surface area contributed by atoms with E-state index in [1.54, 1.807) is 25.5 Å². The van der Waals surface area contributed by atoms with Gasteiger partial charge in [0.15, 0.2) is 5.96 Å². The predicted octanol–water partition coefficient (Wildman–Crippen LogP) is 2.93. The van der Waals surface area contributed by atoms with Gasteiger partial charge in [-0.25, -0.2) is 4.98 Å². The number of guanidine groups is 1. The molecule has 0 fully saturated rings. The molecule has 136 valence electrons. The maximum absolute atomic E-state index is 5.93. The molecule has 1 unspecified atom stereocenters. The molecule has 25 heavy (non-hydrogen) atoms. The fourth-order valence-corrected chi connectivity index (χ4v) is 2.97. The van der Waals surface area contributed by atoms with Gasteiger partial charge in [0.05, 0.1) is 30.9 Å². The second kappa shape index (κ2) is 9.27. The largest absolute Gasteiger partial charge is 0.497 e. The van der Waals surface area contributed by atoms with Crippen LogP contribution < -0.4 is 14.8 Å². The van der Waals surface area contributed by atoms with Gasteiger partial charge in [0.25, 0.3) is 0 Å². The molecule has 0 bridgehead atoms. The van der Waals surface area contributed by atoms with Crippen molar-refractivity contribution in [2.24, 2.45) is 4.99 Å². The summed E-state index contributed by atoms with van der Waals surface area (Å²) in [6.45, 7) is 5.39. The van der Waals surface area contributed by atoms with Crippen molar-refractivity contribution in [3.05, 3.63) is 40.3 Å². The number of thiazole rings is 1. The summed E-state index contributed by atoms with van der Waals surface area (Å²) < 4.78 is 11.1. The minimum Gasteiger partial charge on any atom is -0.497 e. The van der Waals surface area contributed by atoms with E-state index in [-0.39, 0.29) is 6.10 Å². The van der Waals surface area contributed by atoms with Crippen molar-refractivity contribution in [2.75, 3.05) is 27.7 Å². The zero-order chi connectivity index (χ0) is 18.2. The molecule has 1 aromatic carbocycles. The molecule has 0 aliphatic rings. The first kappa shape index (κ1) is 19.1. The molecule has 0 saturated heterocycles. The smallest absolute Gasteiger partial charge is 0.193 e.